The molecule has 5 heteroatoms. The molecule has 0 bridgehead atoms. The normalized spacial score (nSPS) is 10.4. The molecule has 2 aromatic carbocycles. The van der Waals surface area contributed by atoms with Crippen molar-refractivity contribution in [3.05, 3.63) is 58.1 Å². The van der Waals surface area contributed by atoms with Gasteiger partial charge in [0.15, 0.2) is 11.6 Å². The molecule has 18 heavy (non-hydrogen) atoms. The Balaban J connectivity index is 2.36. The van der Waals surface area contributed by atoms with E-state index >= 15 is 0 Å². The molecule has 0 radical (unpaired) electrons. The highest BCUT2D eigenvalue weighted by Crippen LogP contribution is 2.30. The van der Waals surface area contributed by atoms with Crippen molar-refractivity contribution in [2.45, 2.75) is 6.54 Å². The van der Waals surface area contributed by atoms with Gasteiger partial charge in [0.1, 0.15) is 11.6 Å². The standard InChI is InChI=1S/C13H10BrF2NO/c14-9-2-1-8(7-17)13(5-9)18-12-4-3-10(15)6-11(12)16/h1-6H,7,17H2. The van der Waals surface area contributed by atoms with Gasteiger partial charge in [-0.15, -0.1) is 0 Å². The third-order valence-corrected chi connectivity index (χ3v) is 2.86. The molecule has 0 heterocycles. The zero-order chi connectivity index (χ0) is 13.1. The van der Waals surface area contributed by atoms with Gasteiger partial charge in [0, 0.05) is 22.6 Å². The number of rotatable bonds is 3. The van der Waals surface area contributed by atoms with E-state index < -0.39 is 11.6 Å². The molecule has 0 amide bonds. The minimum Gasteiger partial charge on any atom is -0.454 e. The Bertz CT molecular complexity index is 575. The lowest BCUT2D eigenvalue weighted by Crippen LogP contribution is -2.00. The van der Waals surface area contributed by atoms with E-state index in [1.165, 1.54) is 6.07 Å². The molecule has 0 fully saturated rings. The van der Waals surface area contributed by atoms with Crippen molar-refractivity contribution in [3.63, 3.8) is 0 Å². The quantitative estimate of drug-likeness (QED) is 0.930. The SMILES string of the molecule is NCc1ccc(Br)cc1Oc1ccc(F)cc1F. The van der Waals surface area contributed by atoms with Crippen LogP contribution in [0.2, 0.25) is 0 Å². The van der Waals surface area contributed by atoms with Crippen LogP contribution in [0.15, 0.2) is 40.9 Å². The maximum Gasteiger partial charge on any atom is 0.168 e. The van der Waals surface area contributed by atoms with Gasteiger partial charge in [0.2, 0.25) is 0 Å². The molecule has 0 saturated heterocycles. The molecule has 94 valence electrons. The first kappa shape index (κ1) is 13.0. The van der Waals surface area contributed by atoms with Gasteiger partial charge in [-0.3, -0.25) is 0 Å². The number of hydrogen-bond acceptors (Lipinski definition) is 2. The van der Waals surface area contributed by atoms with Crippen LogP contribution in [-0.4, -0.2) is 0 Å². The van der Waals surface area contributed by atoms with Crippen molar-refractivity contribution >= 4 is 15.9 Å². The highest BCUT2D eigenvalue weighted by Gasteiger charge is 2.09. The number of ether oxygens (including phenoxy) is 1. The number of hydrogen-bond donors (Lipinski definition) is 1. The third-order valence-electron chi connectivity index (χ3n) is 2.36. The predicted octanol–water partition coefficient (Wildman–Crippen LogP) is 3.98. The summed E-state index contributed by atoms with van der Waals surface area (Å²) < 4.78 is 32.4. The first-order valence-corrected chi connectivity index (χ1v) is 6.01. The molecule has 0 atom stereocenters. The monoisotopic (exact) mass is 313 g/mol. The van der Waals surface area contributed by atoms with Gasteiger partial charge in [-0.2, -0.15) is 0 Å². The van der Waals surface area contributed by atoms with Crippen LogP contribution in [0.1, 0.15) is 5.56 Å². The van der Waals surface area contributed by atoms with E-state index in [2.05, 4.69) is 15.9 Å². The molecule has 0 aliphatic rings. The molecule has 2 N–H and O–H groups in total. The van der Waals surface area contributed by atoms with Gasteiger partial charge in [0.25, 0.3) is 0 Å². The summed E-state index contributed by atoms with van der Waals surface area (Å²) in [4.78, 5) is 0. The fourth-order valence-corrected chi connectivity index (χ4v) is 1.81. The molecule has 0 unspecified atom stereocenters. The summed E-state index contributed by atoms with van der Waals surface area (Å²) in [5, 5.41) is 0. The van der Waals surface area contributed by atoms with E-state index in [1.807, 2.05) is 6.07 Å². The Morgan fingerprint density at radius 1 is 1.06 bits per heavy atom. The molecular formula is C13H10BrF2NO. The van der Waals surface area contributed by atoms with Crippen LogP contribution in [0.4, 0.5) is 8.78 Å². The topological polar surface area (TPSA) is 35.2 Å². The van der Waals surface area contributed by atoms with Crippen LogP contribution in [0.25, 0.3) is 0 Å². The van der Waals surface area contributed by atoms with E-state index in [0.717, 1.165) is 22.2 Å². The fourth-order valence-electron chi connectivity index (χ4n) is 1.47. The molecule has 2 rings (SSSR count). The van der Waals surface area contributed by atoms with Crippen molar-refractivity contribution < 1.29 is 13.5 Å². The second-order valence-corrected chi connectivity index (χ2v) is 4.55. The Morgan fingerprint density at radius 3 is 2.50 bits per heavy atom. The molecule has 0 aliphatic heterocycles. The Kier molecular flexibility index (Phi) is 3.93. The molecular weight excluding hydrogens is 304 g/mol. The molecule has 0 aliphatic carbocycles. The molecule has 0 aromatic heterocycles. The average molecular weight is 314 g/mol. The van der Waals surface area contributed by atoms with Crippen molar-refractivity contribution in [1.82, 2.24) is 0 Å². The highest BCUT2D eigenvalue weighted by molar-refractivity contribution is 9.10. The summed E-state index contributed by atoms with van der Waals surface area (Å²) in [6.07, 6.45) is 0. The van der Waals surface area contributed by atoms with Crippen molar-refractivity contribution in [1.29, 1.82) is 0 Å². The van der Waals surface area contributed by atoms with Crippen LogP contribution < -0.4 is 10.5 Å². The summed E-state index contributed by atoms with van der Waals surface area (Å²) in [6.45, 7) is 0.269. The Hall–Kier alpha value is -1.46. The second-order valence-electron chi connectivity index (χ2n) is 3.63. The summed E-state index contributed by atoms with van der Waals surface area (Å²) in [5.74, 6) is -0.993. The van der Waals surface area contributed by atoms with Crippen molar-refractivity contribution in [2.75, 3.05) is 0 Å². The highest BCUT2D eigenvalue weighted by atomic mass is 79.9. The molecule has 2 aromatic rings. The van der Waals surface area contributed by atoms with Gasteiger partial charge in [-0.1, -0.05) is 22.0 Å². The fraction of sp³-hybridized carbons (Fsp3) is 0.0769. The molecule has 0 saturated carbocycles. The summed E-state index contributed by atoms with van der Waals surface area (Å²) in [6, 6.07) is 8.43. The van der Waals surface area contributed by atoms with Crippen LogP contribution in [0, 0.1) is 11.6 Å². The van der Waals surface area contributed by atoms with Gasteiger partial charge in [0.05, 0.1) is 0 Å². The first-order chi connectivity index (χ1) is 8.60. The zero-order valence-electron chi connectivity index (χ0n) is 9.29. The van der Waals surface area contributed by atoms with Gasteiger partial charge < -0.3 is 10.5 Å². The minimum atomic E-state index is -0.752. The number of nitrogens with two attached hydrogens (primary N) is 1. The maximum atomic E-state index is 13.5. The predicted molar refractivity (Wildman–Crippen MR) is 68.5 cm³/mol. The minimum absolute atomic E-state index is 0.0378. The van der Waals surface area contributed by atoms with Crippen molar-refractivity contribution in [3.8, 4) is 11.5 Å². The first-order valence-electron chi connectivity index (χ1n) is 5.21. The average Bonchev–Trinajstić information content (AvgIpc) is 2.33. The van der Waals surface area contributed by atoms with Gasteiger partial charge >= 0.3 is 0 Å². The second kappa shape index (κ2) is 5.46. The summed E-state index contributed by atoms with van der Waals surface area (Å²) >= 11 is 3.29. The lowest BCUT2D eigenvalue weighted by molar-refractivity contribution is 0.433. The molecule has 2 nitrogen and oxygen atoms in total. The zero-order valence-corrected chi connectivity index (χ0v) is 10.9. The number of halogens is 3. The number of benzene rings is 2. The van der Waals surface area contributed by atoms with Crippen LogP contribution in [-0.2, 0) is 6.54 Å². The largest absolute Gasteiger partial charge is 0.454 e. The molecule has 0 spiro atoms. The van der Waals surface area contributed by atoms with E-state index in [0.29, 0.717) is 5.75 Å². The Labute approximate surface area is 112 Å². The summed E-state index contributed by atoms with van der Waals surface area (Å²) in [5.41, 5.74) is 6.31. The van der Waals surface area contributed by atoms with E-state index in [9.17, 15) is 8.78 Å². The summed E-state index contributed by atoms with van der Waals surface area (Å²) in [7, 11) is 0. The van der Waals surface area contributed by atoms with Crippen LogP contribution in [0.3, 0.4) is 0 Å². The van der Waals surface area contributed by atoms with Crippen molar-refractivity contribution in [2.24, 2.45) is 5.73 Å². The van der Waals surface area contributed by atoms with E-state index in [-0.39, 0.29) is 12.3 Å². The third kappa shape index (κ3) is 2.86. The van der Waals surface area contributed by atoms with E-state index in [1.54, 1.807) is 12.1 Å². The lowest BCUT2D eigenvalue weighted by atomic mass is 10.2. The van der Waals surface area contributed by atoms with Crippen LogP contribution in [0.5, 0.6) is 11.5 Å². The lowest BCUT2D eigenvalue weighted by Gasteiger charge is -2.11. The maximum absolute atomic E-state index is 13.5. The van der Waals surface area contributed by atoms with E-state index in [4.69, 9.17) is 10.5 Å². The van der Waals surface area contributed by atoms with Gasteiger partial charge in [-0.25, -0.2) is 8.78 Å². The Morgan fingerprint density at radius 2 is 1.83 bits per heavy atom. The smallest absolute Gasteiger partial charge is 0.168 e. The van der Waals surface area contributed by atoms with Crippen LogP contribution >= 0.6 is 15.9 Å². The van der Waals surface area contributed by atoms with Gasteiger partial charge in [-0.05, 0) is 24.3 Å².